The van der Waals surface area contributed by atoms with E-state index < -0.39 is 0 Å². The molecule has 1 rings (SSSR count). The van der Waals surface area contributed by atoms with Gasteiger partial charge in [0.2, 0.25) is 0 Å². The van der Waals surface area contributed by atoms with Gasteiger partial charge in [-0.1, -0.05) is 6.92 Å². The van der Waals surface area contributed by atoms with Crippen LogP contribution in [-0.4, -0.2) is 31.7 Å². The Bertz CT molecular complexity index is 97.5. The first-order valence-electron chi connectivity index (χ1n) is 4.54. The molecule has 11 heavy (non-hydrogen) atoms. The van der Waals surface area contributed by atoms with E-state index in [1.54, 1.807) is 0 Å². The minimum Gasteiger partial charge on any atom is -0.326 e. The van der Waals surface area contributed by atoms with Crippen LogP contribution in [0.5, 0.6) is 0 Å². The van der Waals surface area contributed by atoms with Crippen molar-refractivity contribution in [3.63, 3.8) is 0 Å². The van der Waals surface area contributed by atoms with Crippen molar-refractivity contribution in [2.75, 3.05) is 19.6 Å². The second-order valence-electron chi connectivity index (χ2n) is 3.19. The Kier molecular flexibility index (Phi) is 3.83. The third-order valence-corrected chi connectivity index (χ3v) is 2.29. The number of hydrogen-bond donors (Lipinski definition) is 3. The summed E-state index contributed by atoms with van der Waals surface area (Å²) in [6, 6.07) is 0.781. The maximum Gasteiger partial charge on any atom is 0.0344 e. The van der Waals surface area contributed by atoms with E-state index in [2.05, 4.69) is 17.6 Å². The summed E-state index contributed by atoms with van der Waals surface area (Å²) in [5, 5.41) is 6.81. The van der Waals surface area contributed by atoms with Crippen LogP contribution in [0.1, 0.15) is 19.8 Å². The van der Waals surface area contributed by atoms with Gasteiger partial charge in [0.15, 0.2) is 0 Å². The largest absolute Gasteiger partial charge is 0.326 e. The van der Waals surface area contributed by atoms with Gasteiger partial charge in [-0.05, 0) is 25.9 Å². The van der Waals surface area contributed by atoms with Crippen LogP contribution >= 0.6 is 0 Å². The van der Waals surface area contributed by atoms with Gasteiger partial charge in [0.05, 0.1) is 0 Å². The van der Waals surface area contributed by atoms with Gasteiger partial charge in [0.1, 0.15) is 0 Å². The molecule has 1 saturated heterocycles. The molecule has 1 aliphatic rings. The molecule has 0 aromatic carbocycles. The Hall–Kier alpha value is -0.120. The van der Waals surface area contributed by atoms with Gasteiger partial charge in [-0.25, -0.2) is 0 Å². The summed E-state index contributed by atoms with van der Waals surface area (Å²) in [5.41, 5.74) is 5.91. The average Bonchev–Trinajstić information content (AvgIpc) is 2.30. The SMILES string of the molecule is CCC(N)C1CNCCCN1. The molecule has 0 amide bonds. The molecule has 3 heteroatoms. The van der Waals surface area contributed by atoms with Crippen molar-refractivity contribution in [2.24, 2.45) is 5.73 Å². The Morgan fingerprint density at radius 2 is 2.36 bits per heavy atom. The van der Waals surface area contributed by atoms with E-state index in [0.29, 0.717) is 12.1 Å². The van der Waals surface area contributed by atoms with Crippen molar-refractivity contribution in [1.82, 2.24) is 10.6 Å². The summed E-state index contributed by atoms with van der Waals surface area (Å²) >= 11 is 0. The normalized spacial score (nSPS) is 29.5. The highest BCUT2D eigenvalue weighted by molar-refractivity contribution is 4.82. The van der Waals surface area contributed by atoms with E-state index in [-0.39, 0.29) is 0 Å². The van der Waals surface area contributed by atoms with Crippen molar-refractivity contribution in [1.29, 1.82) is 0 Å². The van der Waals surface area contributed by atoms with Crippen LogP contribution in [-0.2, 0) is 0 Å². The number of hydrogen-bond acceptors (Lipinski definition) is 3. The molecule has 1 fully saturated rings. The van der Waals surface area contributed by atoms with Gasteiger partial charge in [-0.3, -0.25) is 0 Å². The first-order valence-corrected chi connectivity index (χ1v) is 4.54. The van der Waals surface area contributed by atoms with Crippen LogP contribution in [0.2, 0.25) is 0 Å². The average molecular weight is 157 g/mol. The number of nitrogens with one attached hydrogen (secondary N) is 2. The van der Waals surface area contributed by atoms with Crippen molar-refractivity contribution in [3.05, 3.63) is 0 Å². The zero-order chi connectivity index (χ0) is 8.10. The summed E-state index contributed by atoms with van der Waals surface area (Å²) in [6.45, 7) is 5.39. The predicted octanol–water partition coefficient (Wildman–Crippen LogP) is -0.325. The summed E-state index contributed by atoms with van der Waals surface area (Å²) in [6.07, 6.45) is 2.27. The minimum atomic E-state index is 0.306. The summed E-state index contributed by atoms with van der Waals surface area (Å²) in [7, 11) is 0. The second-order valence-corrected chi connectivity index (χ2v) is 3.19. The molecule has 1 heterocycles. The summed E-state index contributed by atoms with van der Waals surface area (Å²) in [4.78, 5) is 0. The topological polar surface area (TPSA) is 50.1 Å². The first-order chi connectivity index (χ1) is 5.34. The lowest BCUT2D eigenvalue weighted by atomic mass is 10.1. The fourth-order valence-corrected chi connectivity index (χ4v) is 1.42. The van der Waals surface area contributed by atoms with Crippen LogP contribution in [0, 0.1) is 0 Å². The molecule has 2 unspecified atom stereocenters. The van der Waals surface area contributed by atoms with Crippen molar-refractivity contribution >= 4 is 0 Å². The maximum atomic E-state index is 5.91. The highest BCUT2D eigenvalue weighted by Crippen LogP contribution is 1.97. The van der Waals surface area contributed by atoms with E-state index in [9.17, 15) is 0 Å². The van der Waals surface area contributed by atoms with E-state index in [1.165, 1.54) is 6.42 Å². The van der Waals surface area contributed by atoms with E-state index in [1.807, 2.05) is 0 Å². The number of nitrogens with two attached hydrogens (primary N) is 1. The van der Waals surface area contributed by atoms with Gasteiger partial charge in [-0.2, -0.15) is 0 Å². The molecule has 3 nitrogen and oxygen atoms in total. The van der Waals surface area contributed by atoms with E-state index in [0.717, 1.165) is 26.1 Å². The predicted molar refractivity (Wildman–Crippen MR) is 47.5 cm³/mol. The van der Waals surface area contributed by atoms with Crippen molar-refractivity contribution in [3.8, 4) is 0 Å². The second kappa shape index (κ2) is 4.70. The van der Waals surface area contributed by atoms with E-state index >= 15 is 0 Å². The van der Waals surface area contributed by atoms with Crippen molar-refractivity contribution in [2.45, 2.75) is 31.8 Å². The van der Waals surface area contributed by atoms with Crippen LogP contribution in [0.15, 0.2) is 0 Å². The third-order valence-electron chi connectivity index (χ3n) is 2.29. The minimum absolute atomic E-state index is 0.306. The fraction of sp³-hybridized carbons (Fsp3) is 1.00. The van der Waals surface area contributed by atoms with Crippen LogP contribution in [0.25, 0.3) is 0 Å². The van der Waals surface area contributed by atoms with Crippen molar-refractivity contribution < 1.29 is 0 Å². The zero-order valence-electron chi connectivity index (χ0n) is 7.27. The quantitative estimate of drug-likeness (QED) is 0.515. The Morgan fingerprint density at radius 3 is 3.09 bits per heavy atom. The van der Waals surface area contributed by atoms with E-state index in [4.69, 9.17) is 5.73 Å². The molecule has 1 aliphatic heterocycles. The molecule has 0 aromatic rings. The molecular formula is C8H19N3. The lowest BCUT2D eigenvalue weighted by molar-refractivity contribution is 0.430. The van der Waals surface area contributed by atoms with Crippen LogP contribution < -0.4 is 16.4 Å². The molecule has 0 bridgehead atoms. The summed E-state index contributed by atoms with van der Waals surface area (Å²) in [5.74, 6) is 0. The fourth-order valence-electron chi connectivity index (χ4n) is 1.42. The Morgan fingerprint density at radius 1 is 1.55 bits per heavy atom. The highest BCUT2D eigenvalue weighted by atomic mass is 15.0. The standard InChI is InChI=1S/C8H19N3/c1-2-7(9)8-6-10-4-3-5-11-8/h7-8,10-11H,2-6,9H2,1H3. The summed E-state index contributed by atoms with van der Waals surface area (Å²) < 4.78 is 0. The van der Waals surface area contributed by atoms with Gasteiger partial charge < -0.3 is 16.4 Å². The van der Waals surface area contributed by atoms with Gasteiger partial charge in [-0.15, -0.1) is 0 Å². The third kappa shape index (κ3) is 2.77. The molecule has 0 aromatic heterocycles. The lowest BCUT2D eigenvalue weighted by Gasteiger charge is -2.21. The highest BCUT2D eigenvalue weighted by Gasteiger charge is 2.16. The van der Waals surface area contributed by atoms with Crippen LogP contribution in [0.3, 0.4) is 0 Å². The van der Waals surface area contributed by atoms with Gasteiger partial charge in [0.25, 0.3) is 0 Å². The Labute approximate surface area is 68.7 Å². The molecule has 0 aliphatic carbocycles. The zero-order valence-corrected chi connectivity index (χ0v) is 7.27. The maximum absolute atomic E-state index is 5.91. The number of rotatable bonds is 2. The van der Waals surface area contributed by atoms with Gasteiger partial charge >= 0.3 is 0 Å². The Balaban J connectivity index is 2.30. The lowest BCUT2D eigenvalue weighted by Crippen LogP contribution is -2.48. The molecular weight excluding hydrogens is 138 g/mol. The van der Waals surface area contributed by atoms with Gasteiger partial charge in [0, 0.05) is 18.6 Å². The molecule has 66 valence electrons. The molecule has 0 saturated carbocycles. The molecule has 4 N–H and O–H groups in total. The molecule has 2 atom stereocenters. The monoisotopic (exact) mass is 157 g/mol. The molecule has 0 radical (unpaired) electrons. The molecule has 0 spiro atoms. The van der Waals surface area contributed by atoms with Crippen LogP contribution in [0.4, 0.5) is 0 Å². The first kappa shape index (κ1) is 8.97. The smallest absolute Gasteiger partial charge is 0.0344 e.